The van der Waals surface area contributed by atoms with E-state index in [4.69, 9.17) is 18.9 Å². The summed E-state index contributed by atoms with van der Waals surface area (Å²) in [5, 5.41) is 0. The van der Waals surface area contributed by atoms with Gasteiger partial charge in [-0.3, -0.25) is 14.1 Å². The molecule has 3 aromatic rings. The molecule has 1 saturated heterocycles. The molecule has 36 heavy (non-hydrogen) atoms. The van der Waals surface area contributed by atoms with Crippen LogP contribution in [0.5, 0.6) is 17.2 Å². The molecule has 8 nitrogen and oxygen atoms in total. The van der Waals surface area contributed by atoms with Crippen molar-refractivity contribution in [1.82, 2.24) is 14.3 Å². The lowest BCUT2D eigenvalue weighted by Gasteiger charge is -2.32. The van der Waals surface area contributed by atoms with E-state index in [-0.39, 0.29) is 35.3 Å². The number of alkyl halides is 2. The van der Waals surface area contributed by atoms with Gasteiger partial charge in [0.2, 0.25) is 0 Å². The number of pyridine rings is 1. The highest BCUT2D eigenvalue weighted by Gasteiger charge is 2.30. The van der Waals surface area contributed by atoms with E-state index in [9.17, 15) is 13.6 Å². The summed E-state index contributed by atoms with van der Waals surface area (Å²) in [7, 11) is 3.46. The second-order valence-corrected chi connectivity index (χ2v) is 9.26. The van der Waals surface area contributed by atoms with Gasteiger partial charge in [0.25, 0.3) is 0 Å². The van der Waals surface area contributed by atoms with Gasteiger partial charge in [-0.25, -0.2) is 4.98 Å². The molecule has 1 aliphatic heterocycles. The predicted octanol–water partition coefficient (Wildman–Crippen LogP) is 4.30. The van der Waals surface area contributed by atoms with Crippen molar-refractivity contribution in [2.75, 3.05) is 40.5 Å². The van der Waals surface area contributed by atoms with Crippen molar-refractivity contribution in [2.45, 2.75) is 31.9 Å². The number of ketones is 1. The fourth-order valence-electron chi connectivity index (χ4n) is 4.42. The van der Waals surface area contributed by atoms with E-state index >= 15 is 0 Å². The van der Waals surface area contributed by atoms with Gasteiger partial charge in [-0.2, -0.15) is 8.78 Å². The summed E-state index contributed by atoms with van der Waals surface area (Å²) in [5.41, 5.74) is 1.85. The Morgan fingerprint density at radius 2 is 2.06 bits per heavy atom. The quantitative estimate of drug-likeness (QED) is 0.384. The number of hydrogen-bond acceptors (Lipinski definition) is 7. The molecule has 0 N–H and O–H groups in total. The Bertz CT molecular complexity index is 1240. The van der Waals surface area contributed by atoms with Crippen molar-refractivity contribution in [3.8, 4) is 28.5 Å². The molecule has 3 heterocycles. The first-order valence-corrected chi connectivity index (χ1v) is 12.0. The summed E-state index contributed by atoms with van der Waals surface area (Å²) in [6.07, 6.45) is 5.66. The topological polar surface area (TPSA) is 74.5 Å². The average Bonchev–Trinajstić information content (AvgIpc) is 3.57. The Morgan fingerprint density at radius 3 is 2.78 bits per heavy atom. The third kappa shape index (κ3) is 5.29. The van der Waals surface area contributed by atoms with E-state index < -0.39 is 6.61 Å². The van der Waals surface area contributed by atoms with E-state index in [1.165, 1.54) is 13.2 Å². The number of carbonyl (C=O) groups is 1. The maximum absolute atomic E-state index is 13.3. The van der Waals surface area contributed by atoms with Gasteiger partial charge in [-0.15, -0.1) is 0 Å². The van der Waals surface area contributed by atoms with Crippen LogP contribution in [0.1, 0.15) is 29.6 Å². The van der Waals surface area contributed by atoms with Gasteiger partial charge in [0.1, 0.15) is 35.1 Å². The van der Waals surface area contributed by atoms with Crippen LogP contribution in [0.3, 0.4) is 0 Å². The molecule has 1 aromatic carbocycles. The monoisotopic (exact) mass is 501 g/mol. The molecule has 0 radical (unpaired) electrons. The van der Waals surface area contributed by atoms with E-state index in [1.807, 2.05) is 23.6 Å². The maximum Gasteiger partial charge on any atom is 0.387 e. The Labute approximate surface area is 207 Å². The first-order chi connectivity index (χ1) is 17.4. The van der Waals surface area contributed by atoms with E-state index in [0.717, 1.165) is 26.0 Å². The molecule has 5 rings (SSSR count). The van der Waals surface area contributed by atoms with E-state index in [1.54, 1.807) is 18.5 Å². The molecule has 0 amide bonds. The molecule has 2 aromatic heterocycles. The van der Waals surface area contributed by atoms with Crippen LogP contribution in [0, 0.1) is 5.92 Å². The van der Waals surface area contributed by atoms with Crippen LogP contribution < -0.4 is 14.2 Å². The van der Waals surface area contributed by atoms with Gasteiger partial charge in [-0.1, -0.05) is 0 Å². The SMILES string of the molecule is COc1cc(-c2cnc3cc(OCC4COCCN4C)ccn23)cc(OC(F)F)c1C(=O)CC1CC1. The van der Waals surface area contributed by atoms with Crippen LogP contribution in [0.15, 0.2) is 36.7 Å². The lowest BCUT2D eigenvalue weighted by atomic mass is 10.00. The number of fused-ring (bicyclic) bond motifs is 1. The minimum Gasteiger partial charge on any atom is -0.496 e. The van der Waals surface area contributed by atoms with Crippen molar-refractivity contribution < 1.29 is 32.5 Å². The molecule has 1 atom stereocenters. The first kappa shape index (κ1) is 24.5. The number of hydrogen-bond donors (Lipinski definition) is 0. The van der Waals surface area contributed by atoms with Crippen LogP contribution in [0.4, 0.5) is 8.78 Å². The van der Waals surface area contributed by atoms with Crippen LogP contribution in [0.25, 0.3) is 16.9 Å². The summed E-state index contributed by atoms with van der Waals surface area (Å²) in [5.74, 6) is 0.702. The number of nitrogens with zero attached hydrogens (tertiary/aromatic N) is 3. The van der Waals surface area contributed by atoms with Crippen LogP contribution in [-0.4, -0.2) is 73.2 Å². The lowest BCUT2D eigenvalue weighted by Crippen LogP contribution is -2.46. The molecule has 10 heteroatoms. The third-order valence-corrected chi connectivity index (χ3v) is 6.70. The molecular weight excluding hydrogens is 472 g/mol. The Balaban J connectivity index is 1.43. The fraction of sp³-hybridized carbons (Fsp3) is 0.462. The normalized spacial score (nSPS) is 18.5. The molecule has 1 aliphatic carbocycles. The van der Waals surface area contributed by atoms with Crippen molar-refractivity contribution in [3.05, 3.63) is 42.2 Å². The van der Waals surface area contributed by atoms with Gasteiger partial charge in [0, 0.05) is 30.8 Å². The largest absolute Gasteiger partial charge is 0.496 e. The molecule has 2 aliphatic rings. The van der Waals surface area contributed by atoms with Crippen LogP contribution in [0.2, 0.25) is 0 Å². The zero-order valence-electron chi connectivity index (χ0n) is 20.3. The van der Waals surface area contributed by atoms with Gasteiger partial charge in [0.15, 0.2) is 5.78 Å². The number of aromatic nitrogens is 2. The van der Waals surface area contributed by atoms with Gasteiger partial charge in [-0.05, 0) is 44.0 Å². The summed E-state index contributed by atoms with van der Waals surface area (Å²) < 4.78 is 50.1. The highest BCUT2D eigenvalue weighted by atomic mass is 19.3. The fourth-order valence-corrected chi connectivity index (χ4v) is 4.42. The number of likely N-dealkylation sites (N-methyl/N-ethyl adjacent to an activating group) is 1. The average molecular weight is 502 g/mol. The number of Topliss-reactive ketones (excluding diaryl/α,β-unsaturated/α-hetero) is 1. The highest BCUT2D eigenvalue weighted by molar-refractivity contribution is 6.02. The summed E-state index contributed by atoms with van der Waals surface area (Å²) in [4.78, 5) is 19.6. The molecule has 1 unspecified atom stereocenters. The first-order valence-electron chi connectivity index (χ1n) is 12.0. The summed E-state index contributed by atoms with van der Waals surface area (Å²) >= 11 is 0. The van der Waals surface area contributed by atoms with Gasteiger partial charge < -0.3 is 18.9 Å². The number of carbonyl (C=O) groups excluding carboxylic acids is 1. The summed E-state index contributed by atoms with van der Waals surface area (Å²) in [6, 6.07) is 6.91. The molecule has 2 fully saturated rings. The lowest BCUT2D eigenvalue weighted by molar-refractivity contribution is -0.0502. The Hall–Kier alpha value is -3.24. The maximum atomic E-state index is 13.3. The van der Waals surface area contributed by atoms with Crippen LogP contribution >= 0.6 is 0 Å². The second kappa shape index (κ2) is 10.4. The van der Waals surface area contributed by atoms with E-state index in [0.29, 0.717) is 41.8 Å². The number of methoxy groups -OCH3 is 1. The van der Waals surface area contributed by atoms with Gasteiger partial charge in [0.05, 0.1) is 38.3 Å². The summed E-state index contributed by atoms with van der Waals surface area (Å²) in [6.45, 7) is -0.380. The van der Waals surface area contributed by atoms with Crippen molar-refractivity contribution in [1.29, 1.82) is 0 Å². The smallest absolute Gasteiger partial charge is 0.387 e. The minimum absolute atomic E-state index is 0.0506. The van der Waals surface area contributed by atoms with Crippen molar-refractivity contribution in [2.24, 2.45) is 5.92 Å². The molecule has 1 saturated carbocycles. The van der Waals surface area contributed by atoms with Gasteiger partial charge >= 0.3 is 6.61 Å². The zero-order chi connectivity index (χ0) is 25.2. The number of benzene rings is 1. The molecule has 0 spiro atoms. The number of halogens is 2. The number of ether oxygens (including phenoxy) is 4. The zero-order valence-corrected chi connectivity index (χ0v) is 20.3. The Morgan fingerprint density at radius 1 is 1.25 bits per heavy atom. The Kier molecular flexibility index (Phi) is 7.06. The van der Waals surface area contributed by atoms with Crippen molar-refractivity contribution in [3.63, 3.8) is 0 Å². The van der Waals surface area contributed by atoms with Crippen molar-refractivity contribution >= 4 is 11.4 Å². The molecule has 0 bridgehead atoms. The van der Waals surface area contributed by atoms with E-state index in [2.05, 4.69) is 9.88 Å². The third-order valence-electron chi connectivity index (χ3n) is 6.70. The highest BCUT2D eigenvalue weighted by Crippen LogP contribution is 2.40. The number of morpholine rings is 1. The number of rotatable bonds is 10. The molecular formula is C26H29F2N3O5. The standard InChI is InChI=1S/C26H29F2N3O5/c1-30-7-8-34-14-18(30)15-35-19-5-6-31-20(13-29-24(31)12-19)17-10-22(33-2)25(21(32)9-16-3-4-16)23(11-17)36-26(27)28/h5-6,10-13,16,18,26H,3-4,7-9,14-15H2,1-2H3. The predicted molar refractivity (Wildman–Crippen MR) is 128 cm³/mol. The van der Waals surface area contributed by atoms with Crippen LogP contribution in [-0.2, 0) is 4.74 Å². The minimum atomic E-state index is -3.08. The molecule has 192 valence electrons. The number of imidazole rings is 1. The second-order valence-electron chi connectivity index (χ2n) is 9.26.